The maximum atomic E-state index is 9.21. The lowest BCUT2D eigenvalue weighted by Crippen LogP contribution is -1.97. The van der Waals surface area contributed by atoms with Crippen LogP contribution in [0.25, 0.3) is 0 Å². The molecule has 1 rings (SSSR count). The van der Waals surface area contributed by atoms with E-state index in [1.165, 1.54) is 11.6 Å². The predicted molar refractivity (Wildman–Crippen MR) is 53.0 cm³/mol. The van der Waals surface area contributed by atoms with E-state index < -0.39 is 0 Å². The van der Waals surface area contributed by atoms with Gasteiger partial charge in [0.1, 0.15) is 23.8 Å². The Balaban J connectivity index is 2.71. The maximum Gasteiger partial charge on any atom is 0.146 e. The number of phenols is 1. The van der Waals surface area contributed by atoms with E-state index in [0.29, 0.717) is 12.4 Å². The van der Waals surface area contributed by atoms with Gasteiger partial charge in [-0.3, -0.25) is 0 Å². The van der Waals surface area contributed by atoms with Crippen LogP contribution < -0.4 is 10.5 Å². The summed E-state index contributed by atoms with van der Waals surface area (Å²) in [5, 5.41) is 9.21. The van der Waals surface area contributed by atoms with Crippen LogP contribution in [0.4, 0.5) is 5.69 Å². The topological polar surface area (TPSA) is 55.5 Å². The van der Waals surface area contributed by atoms with Gasteiger partial charge in [0.15, 0.2) is 0 Å². The van der Waals surface area contributed by atoms with Crippen molar-refractivity contribution in [3.63, 3.8) is 0 Å². The van der Waals surface area contributed by atoms with Crippen molar-refractivity contribution in [2.45, 2.75) is 0 Å². The quantitative estimate of drug-likeness (QED) is 0.579. The van der Waals surface area contributed by atoms with Gasteiger partial charge in [0.05, 0.1) is 0 Å². The second-order valence-corrected chi connectivity index (χ2v) is 2.61. The molecule has 3 nitrogen and oxygen atoms in total. The molecular weight excluding hydrogens is 190 g/mol. The number of hydrogen-bond donors (Lipinski definition) is 2. The number of ether oxygens (including phenoxy) is 1. The molecule has 0 spiro atoms. The van der Waals surface area contributed by atoms with Crippen LogP contribution in [0.15, 0.2) is 29.8 Å². The largest absolute Gasteiger partial charge is 0.506 e. The number of nitrogen functional groups attached to an aromatic ring is 1. The van der Waals surface area contributed by atoms with Crippen molar-refractivity contribution in [1.29, 1.82) is 0 Å². The Morgan fingerprint density at radius 1 is 1.54 bits per heavy atom. The predicted octanol–water partition coefficient (Wildman–Crippen LogP) is 2.11. The zero-order chi connectivity index (χ0) is 9.68. The number of rotatable bonds is 3. The molecule has 0 saturated heterocycles. The Morgan fingerprint density at radius 3 is 3.00 bits per heavy atom. The van der Waals surface area contributed by atoms with Crippen LogP contribution in [0.2, 0.25) is 0 Å². The van der Waals surface area contributed by atoms with Crippen molar-refractivity contribution in [3.05, 3.63) is 29.8 Å². The highest BCUT2D eigenvalue weighted by Gasteiger charge is 2.02. The van der Waals surface area contributed by atoms with Crippen molar-refractivity contribution in [3.8, 4) is 11.5 Å². The lowest BCUT2D eigenvalue weighted by atomic mass is 10.3. The monoisotopic (exact) mass is 199 g/mol. The molecule has 0 heterocycles. The van der Waals surface area contributed by atoms with Crippen molar-refractivity contribution in [2.75, 3.05) is 12.3 Å². The summed E-state index contributed by atoms with van der Waals surface area (Å²) in [7, 11) is 0. The zero-order valence-electron chi connectivity index (χ0n) is 6.90. The van der Waals surface area contributed by atoms with Crippen LogP contribution >= 0.6 is 11.6 Å². The number of phenolic OH excluding ortho intramolecular Hbond substituents is 1. The molecule has 0 fully saturated rings. The lowest BCUT2D eigenvalue weighted by molar-refractivity contribution is 0.362. The van der Waals surface area contributed by atoms with Crippen LogP contribution in [0, 0.1) is 0 Å². The molecule has 0 aliphatic rings. The standard InChI is InChI=1S/C9H10ClNO2/c10-5-2-6-13-8-4-1-3-7(12)9(8)11/h1-5,12H,6,11H2/b5-2+. The van der Waals surface area contributed by atoms with Crippen molar-refractivity contribution < 1.29 is 9.84 Å². The van der Waals surface area contributed by atoms with Gasteiger partial charge in [-0.05, 0) is 18.2 Å². The van der Waals surface area contributed by atoms with Gasteiger partial charge in [0.2, 0.25) is 0 Å². The molecule has 1 aromatic rings. The van der Waals surface area contributed by atoms with Gasteiger partial charge in [0.25, 0.3) is 0 Å². The molecular formula is C9H10ClNO2. The second kappa shape index (κ2) is 4.62. The Kier molecular flexibility index (Phi) is 3.46. The number of nitrogens with two attached hydrogens (primary N) is 1. The number of benzene rings is 1. The van der Waals surface area contributed by atoms with Gasteiger partial charge in [-0.1, -0.05) is 17.7 Å². The van der Waals surface area contributed by atoms with Crippen LogP contribution in [-0.4, -0.2) is 11.7 Å². The molecule has 0 bridgehead atoms. The average molecular weight is 200 g/mol. The van der Waals surface area contributed by atoms with Gasteiger partial charge in [-0.2, -0.15) is 0 Å². The van der Waals surface area contributed by atoms with Gasteiger partial charge in [-0.15, -0.1) is 0 Å². The van der Waals surface area contributed by atoms with Gasteiger partial charge < -0.3 is 15.6 Å². The first kappa shape index (κ1) is 9.74. The molecule has 3 N–H and O–H groups in total. The SMILES string of the molecule is Nc1c(O)cccc1OC/C=C/Cl. The first-order valence-electron chi connectivity index (χ1n) is 3.71. The minimum atomic E-state index is 0.0207. The van der Waals surface area contributed by atoms with Gasteiger partial charge in [0, 0.05) is 5.54 Å². The summed E-state index contributed by atoms with van der Waals surface area (Å²) < 4.78 is 5.20. The molecule has 0 aromatic heterocycles. The van der Waals surface area contributed by atoms with E-state index in [1.807, 2.05) is 0 Å². The third-order valence-electron chi connectivity index (χ3n) is 1.47. The molecule has 4 heteroatoms. The van der Waals surface area contributed by atoms with Gasteiger partial charge in [-0.25, -0.2) is 0 Å². The highest BCUT2D eigenvalue weighted by molar-refractivity contribution is 6.25. The van der Waals surface area contributed by atoms with Crippen molar-refractivity contribution in [2.24, 2.45) is 0 Å². The number of aromatic hydroxyl groups is 1. The molecule has 70 valence electrons. The molecule has 0 radical (unpaired) electrons. The third kappa shape index (κ3) is 2.56. The molecule has 1 aromatic carbocycles. The normalized spacial score (nSPS) is 10.5. The molecule has 0 amide bonds. The fourth-order valence-electron chi connectivity index (χ4n) is 0.833. The number of para-hydroxylation sites is 1. The molecule has 0 saturated carbocycles. The summed E-state index contributed by atoms with van der Waals surface area (Å²) in [5.74, 6) is 0.474. The van der Waals surface area contributed by atoms with Gasteiger partial charge >= 0.3 is 0 Å². The first-order valence-corrected chi connectivity index (χ1v) is 4.15. The smallest absolute Gasteiger partial charge is 0.146 e. The molecule has 0 unspecified atom stereocenters. The van der Waals surface area contributed by atoms with Crippen LogP contribution in [0.1, 0.15) is 0 Å². The first-order chi connectivity index (χ1) is 6.25. The average Bonchev–Trinajstić information content (AvgIpc) is 2.13. The highest BCUT2D eigenvalue weighted by atomic mass is 35.5. The Bertz CT molecular complexity index is 312. The zero-order valence-corrected chi connectivity index (χ0v) is 7.66. The van der Waals surface area contributed by atoms with Crippen molar-refractivity contribution >= 4 is 17.3 Å². The van der Waals surface area contributed by atoms with Crippen LogP contribution in [0.5, 0.6) is 11.5 Å². The number of halogens is 1. The fourth-order valence-corrected chi connectivity index (χ4v) is 0.905. The van der Waals surface area contributed by atoms with E-state index in [-0.39, 0.29) is 11.4 Å². The van der Waals surface area contributed by atoms with E-state index in [4.69, 9.17) is 22.1 Å². The third-order valence-corrected chi connectivity index (χ3v) is 1.65. The summed E-state index contributed by atoms with van der Waals surface area (Å²) in [6, 6.07) is 4.84. The summed E-state index contributed by atoms with van der Waals surface area (Å²) in [6.45, 7) is 0.331. The number of anilines is 1. The molecule has 0 aliphatic carbocycles. The molecule has 0 atom stereocenters. The highest BCUT2D eigenvalue weighted by Crippen LogP contribution is 2.29. The minimum Gasteiger partial charge on any atom is -0.506 e. The Morgan fingerprint density at radius 2 is 2.31 bits per heavy atom. The summed E-state index contributed by atoms with van der Waals surface area (Å²) in [6.07, 6.45) is 1.63. The minimum absolute atomic E-state index is 0.0207. The van der Waals surface area contributed by atoms with Crippen LogP contribution in [0.3, 0.4) is 0 Å². The van der Waals surface area contributed by atoms with E-state index >= 15 is 0 Å². The van der Waals surface area contributed by atoms with E-state index in [9.17, 15) is 5.11 Å². The van der Waals surface area contributed by atoms with E-state index in [0.717, 1.165) is 0 Å². The fraction of sp³-hybridized carbons (Fsp3) is 0.111. The Labute approximate surface area is 81.4 Å². The summed E-state index contributed by atoms with van der Waals surface area (Å²) in [5.41, 5.74) is 7.13. The number of hydrogen-bond acceptors (Lipinski definition) is 3. The second-order valence-electron chi connectivity index (χ2n) is 2.36. The summed E-state index contributed by atoms with van der Waals surface area (Å²) >= 11 is 5.30. The lowest BCUT2D eigenvalue weighted by Gasteiger charge is -2.06. The van der Waals surface area contributed by atoms with Crippen LogP contribution in [-0.2, 0) is 0 Å². The summed E-state index contributed by atoms with van der Waals surface area (Å²) in [4.78, 5) is 0. The Hall–Kier alpha value is -1.35. The maximum absolute atomic E-state index is 9.21. The van der Waals surface area contributed by atoms with Crippen molar-refractivity contribution in [1.82, 2.24) is 0 Å². The molecule has 13 heavy (non-hydrogen) atoms. The molecule has 0 aliphatic heterocycles. The van der Waals surface area contributed by atoms with E-state index in [1.54, 1.807) is 18.2 Å². The van der Waals surface area contributed by atoms with E-state index in [2.05, 4.69) is 0 Å².